The van der Waals surface area contributed by atoms with Crippen molar-refractivity contribution >= 4 is 35.4 Å². The number of nitrogens with zero attached hydrogens (tertiary/aromatic N) is 1. The highest BCUT2D eigenvalue weighted by atomic mass is 32.2. The summed E-state index contributed by atoms with van der Waals surface area (Å²) in [6.45, 7) is 4.44. The molecule has 0 radical (unpaired) electrons. The van der Waals surface area contributed by atoms with Gasteiger partial charge in [-0.25, -0.2) is 4.79 Å². The summed E-state index contributed by atoms with van der Waals surface area (Å²) in [6, 6.07) is 24.0. The number of carboxylic acids is 1. The summed E-state index contributed by atoms with van der Waals surface area (Å²) in [4.78, 5) is 27.8. The monoisotopic (exact) mass is 592 g/mol. The van der Waals surface area contributed by atoms with Crippen LogP contribution in [0.5, 0.6) is 0 Å². The number of aryl methyl sites for hydroxylation is 1. The highest BCUT2D eigenvalue weighted by Gasteiger charge is 2.32. The number of carbonyl (C=O) groups excluding carboxylic acids is 1. The molecule has 0 aromatic heterocycles. The van der Waals surface area contributed by atoms with Crippen LogP contribution in [0.4, 0.5) is 0 Å². The van der Waals surface area contributed by atoms with Gasteiger partial charge in [-0.2, -0.15) is 23.5 Å². The largest absolute Gasteiger partial charge is 0.480 e. The molecule has 3 atom stereocenters. The molecule has 6 nitrogen and oxygen atoms in total. The normalized spacial score (nSPS) is 17.8. The van der Waals surface area contributed by atoms with E-state index in [4.69, 9.17) is 4.74 Å². The molecule has 3 aromatic rings. The van der Waals surface area contributed by atoms with Crippen LogP contribution in [0.2, 0.25) is 0 Å². The van der Waals surface area contributed by atoms with Crippen molar-refractivity contribution in [3.63, 3.8) is 0 Å². The number of carboxylic acid groups (broad SMARTS) is 1. The van der Waals surface area contributed by atoms with Gasteiger partial charge in [0.05, 0.1) is 6.61 Å². The Morgan fingerprint density at radius 1 is 1.05 bits per heavy atom. The first-order valence-electron chi connectivity index (χ1n) is 14.0. The second-order valence-electron chi connectivity index (χ2n) is 10.5. The standard InChI is InChI=1S/C33H40N2O4S2/c1-23-9-7-8-12-28(23)30-17-25(13-14-29(30)32(36)34-31(33(37)38)15-16-40-3)19-35-20-27(18-26(35)21-39-2)41-22-24-10-5-4-6-11-24/h4-14,17,26-27,31H,15-16,18-22H2,1-3H3,(H,34,36)(H,37,38)/t26?,27-,31?/m0/s1. The Morgan fingerprint density at radius 2 is 1.80 bits per heavy atom. The van der Waals surface area contributed by atoms with Gasteiger partial charge in [0.1, 0.15) is 6.04 Å². The molecule has 0 bridgehead atoms. The van der Waals surface area contributed by atoms with E-state index >= 15 is 0 Å². The SMILES string of the molecule is COCC1C[C@H](SCc2ccccc2)CN1Cc1ccc(C(=O)NC(CCSC)C(=O)O)c(-c2ccccc2C)c1. The van der Waals surface area contributed by atoms with Crippen LogP contribution in [0, 0.1) is 6.92 Å². The Morgan fingerprint density at radius 3 is 2.51 bits per heavy atom. The number of benzene rings is 3. The molecule has 1 fully saturated rings. The molecule has 1 heterocycles. The lowest BCUT2D eigenvalue weighted by Crippen LogP contribution is -2.41. The number of carbonyl (C=O) groups is 2. The third-order valence-electron chi connectivity index (χ3n) is 7.54. The van der Waals surface area contributed by atoms with Crippen LogP contribution in [-0.2, 0) is 21.8 Å². The van der Waals surface area contributed by atoms with Gasteiger partial charge in [-0.3, -0.25) is 9.69 Å². The van der Waals surface area contributed by atoms with Crippen LogP contribution in [0.25, 0.3) is 11.1 Å². The Kier molecular flexibility index (Phi) is 11.7. The summed E-state index contributed by atoms with van der Waals surface area (Å²) in [5.74, 6) is 0.275. The van der Waals surface area contributed by atoms with Crippen molar-refractivity contribution in [2.24, 2.45) is 0 Å². The van der Waals surface area contributed by atoms with E-state index in [2.05, 4.69) is 46.6 Å². The number of rotatable bonds is 14. The molecule has 1 amide bonds. The lowest BCUT2D eigenvalue weighted by Gasteiger charge is -2.24. The van der Waals surface area contributed by atoms with E-state index < -0.39 is 12.0 Å². The van der Waals surface area contributed by atoms with Gasteiger partial charge in [0.25, 0.3) is 5.91 Å². The maximum Gasteiger partial charge on any atom is 0.326 e. The van der Waals surface area contributed by atoms with Gasteiger partial charge in [-0.15, -0.1) is 0 Å². The highest BCUT2D eigenvalue weighted by Crippen LogP contribution is 2.33. The van der Waals surface area contributed by atoms with Crippen molar-refractivity contribution < 1.29 is 19.4 Å². The fraction of sp³-hybridized carbons (Fsp3) is 0.394. The average Bonchev–Trinajstić information content (AvgIpc) is 3.35. The number of ether oxygens (including phenoxy) is 1. The van der Waals surface area contributed by atoms with E-state index in [0.717, 1.165) is 47.5 Å². The number of methoxy groups -OCH3 is 1. The first-order chi connectivity index (χ1) is 19.9. The quantitative estimate of drug-likeness (QED) is 0.234. The van der Waals surface area contributed by atoms with Crippen molar-refractivity contribution in [2.45, 2.75) is 49.4 Å². The number of nitrogens with one attached hydrogen (secondary N) is 1. The predicted molar refractivity (Wildman–Crippen MR) is 171 cm³/mol. The summed E-state index contributed by atoms with van der Waals surface area (Å²) in [7, 11) is 1.76. The Labute approximate surface area is 252 Å². The van der Waals surface area contributed by atoms with E-state index in [0.29, 0.717) is 35.6 Å². The molecule has 0 aliphatic carbocycles. The van der Waals surface area contributed by atoms with Gasteiger partial charge in [-0.05, 0) is 71.7 Å². The van der Waals surface area contributed by atoms with Crippen LogP contribution in [-0.4, -0.2) is 71.5 Å². The first kappa shape index (κ1) is 31.2. The number of aliphatic carboxylic acids is 1. The smallest absolute Gasteiger partial charge is 0.326 e. The zero-order chi connectivity index (χ0) is 29.2. The van der Waals surface area contributed by atoms with E-state index in [1.54, 1.807) is 18.9 Å². The first-order valence-corrected chi connectivity index (χ1v) is 16.4. The van der Waals surface area contributed by atoms with Crippen molar-refractivity contribution in [1.29, 1.82) is 0 Å². The Balaban J connectivity index is 1.56. The third-order valence-corrected chi connectivity index (χ3v) is 9.50. The summed E-state index contributed by atoms with van der Waals surface area (Å²) < 4.78 is 5.60. The fourth-order valence-electron chi connectivity index (χ4n) is 5.36. The van der Waals surface area contributed by atoms with Crippen LogP contribution >= 0.6 is 23.5 Å². The molecular weight excluding hydrogens is 553 g/mol. The van der Waals surface area contributed by atoms with Gasteiger partial charge in [0.15, 0.2) is 0 Å². The summed E-state index contributed by atoms with van der Waals surface area (Å²) in [5.41, 5.74) is 5.81. The number of hydrogen-bond acceptors (Lipinski definition) is 6. The molecule has 1 saturated heterocycles. The van der Waals surface area contributed by atoms with Crippen LogP contribution in [0.1, 0.15) is 39.9 Å². The second-order valence-corrected chi connectivity index (χ2v) is 12.8. The molecule has 3 aromatic carbocycles. The molecule has 0 saturated carbocycles. The number of likely N-dealkylation sites (tertiary alicyclic amines) is 1. The minimum absolute atomic E-state index is 0.325. The summed E-state index contributed by atoms with van der Waals surface area (Å²) >= 11 is 3.57. The van der Waals surface area contributed by atoms with Crippen LogP contribution in [0.3, 0.4) is 0 Å². The van der Waals surface area contributed by atoms with Gasteiger partial charge >= 0.3 is 5.97 Å². The lowest BCUT2D eigenvalue weighted by atomic mass is 9.93. The molecule has 2 unspecified atom stereocenters. The average molecular weight is 593 g/mol. The second kappa shape index (κ2) is 15.4. The van der Waals surface area contributed by atoms with Gasteiger partial charge in [0.2, 0.25) is 0 Å². The molecule has 1 aliphatic rings. The van der Waals surface area contributed by atoms with Crippen molar-refractivity contribution in [2.75, 3.05) is 32.3 Å². The molecular formula is C33H40N2O4S2. The van der Waals surface area contributed by atoms with E-state index in [1.165, 1.54) is 5.56 Å². The maximum atomic E-state index is 13.4. The minimum atomic E-state index is -1.01. The maximum absolute atomic E-state index is 13.4. The minimum Gasteiger partial charge on any atom is -0.480 e. The predicted octanol–water partition coefficient (Wildman–Crippen LogP) is 6.12. The molecule has 4 rings (SSSR count). The molecule has 2 N–H and O–H groups in total. The number of amides is 1. The summed E-state index contributed by atoms with van der Waals surface area (Å²) in [5, 5.41) is 13.0. The van der Waals surface area contributed by atoms with Crippen molar-refractivity contribution in [1.82, 2.24) is 10.2 Å². The lowest BCUT2D eigenvalue weighted by molar-refractivity contribution is -0.139. The molecule has 8 heteroatoms. The third kappa shape index (κ3) is 8.61. The molecule has 41 heavy (non-hydrogen) atoms. The number of hydrogen-bond donors (Lipinski definition) is 2. The van der Waals surface area contributed by atoms with E-state index in [1.807, 2.05) is 61.3 Å². The Bertz CT molecular complexity index is 1300. The Hall–Kier alpha value is -2.78. The molecule has 1 aliphatic heterocycles. The van der Waals surface area contributed by atoms with Crippen molar-refractivity contribution in [3.05, 3.63) is 95.1 Å². The van der Waals surface area contributed by atoms with Crippen LogP contribution < -0.4 is 5.32 Å². The zero-order valence-corrected chi connectivity index (χ0v) is 25.7. The van der Waals surface area contributed by atoms with Gasteiger partial charge in [-0.1, -0.05) is 60.7 Å². The van der Waals surface area contributed by atoms with Crippen molar-refractivity contribution in [3.8, 4) is 11.1 Å². The fourth-order valence-corrected chi connectivity index (χ4v) is 7.10. The topological polar surface area (TPSA) is 78.9 Å². The van der Waals surface area contributed by atoms with E-state index in [9.17, 15) is 14.7 Å². The zero-order valence-electron chi connectivity index (χ0n) is 24.0. The van der Waals surface area contributed by atoms with Gasteiger partial charge < -0.3 is 15.2 Å². The summed E-state index contributed by atoms with van der Waals surface area (Å²) in [6.07, 6.45) is 3.37. The number of thioether (sulfide) groups is 2. The molecule has 0 spiro atoms. The van der Waals surface area contributed by atoms with Crippen LogP contribution in [0.15, 0.2) is 72.8 Å². The molecule has 218 valence electrons. The van der Waals surface area contributed by atoms with E-state index in [-0.39, 0.29) is 5.91 Å². The highest BCUT2D eigenvalue weighted by molar-refractivity contribution is 7.99. The van der Waals surface area contributed by atoms with Gasteiger partial charge in [0, 0.05) is 42.8 Å².